The number of aryl methyl sites for hydroxylation is 2. The highest BCUT2D eigenvalue weighted by Crippen LogP contribution is 2.47. The van der Waals surface area contributed by atoms with Crippen molar-refractivity contribution in [3.8, 4) is 16.9 Å². The van der Waals surface area contributed by atoms with Crippen molar-refractivity contribution in [2.24, 2.45) is 13.0 Å². The van der Waals surface area contributed by atoms with Crippen LogP contribution in [-0.4, -0.2) is 91.7 Å². The molecule has 2 atom stereocenters. The van der Waals surface area contributed by atoms with Crippen molar-refractivity contribution in [3.05, 3.63) is 113 Å². The summed E-state index contributed by atoms with van der Waals surface area (Å²) in [6.07, 6.45) is 4.88. The van der Waals surface area contributed by atoms with E-state index in [2.05, 4.69) is 30.9 Å². The Morgan fingerprint density at radius 2 is 1.70 bits per heavy atom. The third-order valence-electron chi connectivity index (χ3n) is 12.6. The number of halogens is 1. The summed E-state index contributed by atoms with van der Waals surface area (Å²) in [6.45, 7) is 4.31. The largest absolute Gasteiger partial charge is 0.370 e. The highest BCUT2D eigenvalue weighted by atomic mass is 19.1. The minimum absolute atomic E-state index is 0.168. The zero-order valence-corrected chi connectivity index (χ0v) is 35.6. The van der Waals surface area contributed by atoms with Gasteiger partial charge in [-0.3, -0.25) is 24.5 Å². The quantitative estimate of drug-likeness (QED) is 0.135. The molecule has 0 aliphatic carbocycles. The van der Waals surface area contributed by atoms with E-state index in [0.717, 1.165) is 65.7 Å². The Morgan fingerprint density at radius 3 is 2.42 bits per heavy atom. The van der Waals surface area contributed by atoms with Gasteiger partial charge in [0.2, 0.25) is 18.2 Å². The van der Waals surface area contributed by atoms with Crippen LogP contribution in [0.5, 0.6) is 0 Å². The maximum absolute atomic E-state index is 15.1. The topological polar surface area (TPSA) is 192 Å². The predicted octanol–water partition coefficient (Wildman–Crippen LogP) is 4.37. The molecule has 330 valence electrons. The van der Waals surface area contributed by atoms with Crippen LogP contribution in [0.2, 0.25) is 0 Å². The fourth-order valence-corrected chi connectivity index (χ4v) is 9.26. The van der Waals surface area contributed by atoms with Crippen LogP contribution in [-0.2, 0) is 23.2 Å². The molecule has 17 nitrogen and oxygen atoms in total. The van der Waals surface area contributed by atoms with Crippen LogP contribution < -0.4 is 36.3 Å². The maximum atomic E-state index is 15.1. The number of anilines is 4. The number of pyridine rings is 1. The number of fused-ring (bicyclic) bond motifs is 2. The van der Waals surface area contributed by atoms with Crippen LogP contribution in [0.15, 0.2) is 90.1 Å². The fraction of sp³-hybridized carbons (Fsp3) is 0.326. The number of aliphatic hydroxyl groups is 1. The number of amides is 4. The summed E-state index contributed by atoms with van der Waals surface area (Å²) in [7, 11) is 3.38. The summed E-state index contributed by atoms with van der Waals surface area (Å²) in [5.74, 6) is -2.24. The van der Waals surface area contributed by atoms with Crippen molar-refractivity contribution in [2.75, 3.05) is 46.7 Å². The van der Waals surface area contributed by atoms with Gasteiger partial charge in [-0.2, -0.15) is 5.10 Å². The van der Waals surface area contributed by atoms with Gasteiger partial charge in [0.1, 0.15) is 18.2 Å². The average Bonchev–Trinajstić information content (AvgIpc) is 3.93. The summed E-state index contributed by atoms with van der Waals surface area (Å²) in [5, 5.41) is 24.1. The summed E-state index contributed by atoms with van der Waals surface area (Å²) in [5.41, 5.74) is 5.47. The van der Waals surface area contributed by atoms with Gasteiger partial charge < -0.3 is 35.0 Å². The molecule has 0 bridgehead atoms. The van der Waals surface area contributed by atoms with Crippen LogP contribution >= 0.6 is 0 Å². The van der Waals surface area contributed by atoms with Crippen LogP contribution in [0.3, 0.4) is 0 Å². The standard InChI is InChI=1S/C46H48FN11O6/c1-4-56-37(28-8-11-31(12-9-28)57-26-50-54(3)46(57)64)24-29-17-21-48-39(40(29)56)44(62)51-30-10-13-33(47)32(25-30)42(60)49-20-16-27-18-22-55(23-19-27)34-6-5-7-35-41(34)53(2)45(63)58(35)36-14-15-38(59)52-43(36)61/h5-13,17,21,24-27,36,45,63H,4,14-16,18-20,22-23H2,1-3H3,(H,49,60)(H,51,62)(H,52,59,61). The Morgan fingerprint density at radius 1 is 0.938 bits per heavy atom. The average molecular weight is 870 g/mol. The van der Waals surface area contributed by atoms with Crippen molar-refractivity contribution >= 4 is 57.3 Å². The molecule has 4 N–H and O–H groups in total. The summed E-state index contributed by atoms with van der Waals surface area (Å²) >= 11 is 0. The Balaban J connectivity index is 0.821. The fourth-order valence-electron chi connectivity index (χ4n) is 9.26. The molecule has 6 heterocycles. The molecule has 2 unspecified atom stereocenters. The number of nitrogens with zero attached hydrogens (tertiary/aromatic N) is 8. The second kappa shape index (κ2) is 17.1. The lowest BCUT2D eigenvalue weighted by molar-refractivity contribution is -0.134. The van der Waals surface area contributed by atoms with Crippen molar-refractivity contribution in [3.63, 3.8) is 0 Å². The number of aromatic nitrogens is 5. The second-order valence-electron chi connectivity index (χ2n) is 16.4. The number of piperidine rings is 2. The van der Waals surface area contributed by atoms with Gasteiger partial charge in [-0.25, -0.2) is 23.4 Å². The predicted molar refractivity (Wildman–Crippen MR) is 239 cm³/mol. The maximum Gasteiger partial charge on any atom is 0.350 e. The molecule has 3 aliphatic rings. The van der Waals surface area contributed by atoms with Crippen molar-refractivity contribution in [2.45, 2.75) is 58.0 Å². The van der Waals surface area contributed by atoms with E-state index in [1.807, 2.05) is 66.1 Å². The van der Waals surface area contributed by atoms with E-state index in [0.29, 0.717) is 43.1 Å². The molecule has 2 fully saturated rings. The van der Waals surface area contributed by atoms with Gasteiger partial charge in [0.25, 0.3) is 11.8 Å². The Labute approximate surface area is 367 Å². The lowest BCUT2D eigenvalue weighted by Gasteiger charge is -2.35. The molecule has 9 rings (SSSR count). The number of carbonyl (C=O) groups is 4. The zero-order chi connectivity index (χ0) is 44.8. The summed E-state index contributed by atoms with van der Waals surface area (Å²) in [4.78, 5) is 74.3. The van der Waals surface area contributed by atoms with Gasteiger partial charge in [0, 0.05) is 69.7 Å². The molecule has 3 aromatic heterocycles. The first-order chi connectivity index (χ1) is 30.9. The Hall–Kier alpha value is -7.34. The van der Waals surface area contributed by atoms with E-state index < -0.39 is 35.9 Å². The number of rotatable bonds is 11. The van der Waals surface area contributed by atoms with E-state index in [4.69, 9.17) is 0 Å². The zero-order valence-electron chi connectivity index (χ0n) is 35.6. The van der Waals surface area contributed by atoms with Gasteiger partial charge in [0.05, 0.1) is 33.8 Å². The van der Waals surface area contributed by atoms with Gasteiger partial charge in [-0.15, -0.1) is 0 Å². The Kier molecular flexibility index (Phi) is 11.2. The smallest absolute Gasteiger partial charge is 0.350 e. The summed E-state index contributed by atoms with van der Waals surface area (Å²) < 4.78 is 19.8. The molecule has 2 saturated heterocycles. The number of benzene rings is 3. The van der Waals surface area contributed by atoms with E-state index >= 15 is 4.39 Å². The van der Waals surface area contributed by atoms with Crippen molar-refractivity contribution in [1.29, 1.82) is 0 Å². The number of hydrogen-bond acceptors (Lipinski definition) is 11. The molecular weight excluding hydrogens is 822 g/mol. The number of hydrogen-bond donors (Lipinski definition) is 4. The molecule has 4 amide bonds. The van der Waals surface area contributed by atoms with E-state index in [1.54, 1.807) is 30.1 Å². The summed E-state index contributed by atoms with van der Waals surface area (Å²) in [6, 6.07) is 20.3. The SMILES string of the molecule is CCn1c(-c2ccc(-n3cnn(C)c3=O)cc2)cc2ccnc(C(=O)Nc3ccc(F)c(C(=O)NCCC4CCN(c5cccc6c5N(C)C(O)N6C5CCC(=O)NC5=O)CC4)c3)c21. The molecule has 6 aromatic rings. The monoisotopic (exact) mass is 869 g/mol. The molecule has 0 spiro atoms. The number of nitrogens with one attached hydrogen (secondary N) is 3. The molecule has 18 heteroatoms. The van der Waals surface area contributed by atoms with E-state index in [9.17, 15) is 29.1 Å². The van der Waals surface area contributed by atoms with Gasteiger partial charge in [-0.05, 0) is 98.7 Å². The highest BCUT2D eigenvalue weighted by molar-refractivity contribution is 6.12. The van der Waals surface area contributed by atoms with Gasteiger partial charge >= 0.3 is 5.69 Å². The first-order valence-corrected chi connectivity index (χ1v) is 21.4. The number of para-hydroxylation sites is 1. The normalized spacial score (nSPS) is 17.8. The van der Waals surface area contributed by atoms with E-state index in [1.165, 1.54) is 27.7 Å². The second-order valence-corrected chi connectivity index (χ2v) is 16.4. The molecule has 3 aromatic carbocycles. The molecular formula is C46H48FN11O6. The van der Waals surface area contributed by atoms with Crippen LogP contribution in [0, 0.1) is 11.7 Å². The lowest BCUT2D eigenvalue weighted by Crippen LogP contribution is -2.56. The van der Waals surface area contributed by atoms with Gasteiger partial charge in [-0.1, -0.05) is 18.2 Å². The minimum Gasteiger partial charge on any atom is -0.370 e. The number of imide groups is 1. The number of carbonyl (C=O) groups excluding carboxylic acids is 4. The molecule has 0 radical (unpaired) electrons. The molecule has 0 saturated carbocycles. The van der Waals surface area contributed by atoms with Crippen LogP contribution in [0.1, 0.15) is 59.9 Å². The van der Waals surface area contributed by atoms with Gasteiger partial charge in [0.15, 0.2) is 5.69 Å². The van der Waals surface area contributed by atoms with Crippen LogP contribution in [0.25, 0.3) is 27.8 Å². The third-order valence-corrected chi connectivity index (χ3v) is 12.6. The highest BCUT2D eigenvalue weighted by Gasteiger charge is 2.43. The first-order valence-electron chi connectivity index (χ1n) is 21.4. The third kappa shape index (κ3) is 7.63. The molecule has 3 aliphatic heterocycles. The molecule has 64 heavy (non-hydrogen) atoms. The van der Waals surface area contributed by atoms with E-state index in [-0.39, 0.29) is 35.0 Å². The van der Waals surface area contributed by atoms with Crippen LogP contribution in [0.4, 0.5) is 27.1 Å². The minimum atomic E-state index is -1.06. The Bertz CT molecular complexity index is 2860. The van der Waals surface area contributed by atoms with Crippen molar-refractivity contribution in [1.82, 2.24) is 34.5 Å². The lowest BCUT2D eigenvalue weighted by atomic mass is 9.93. The van der Waals surface area contributed by atoms with Crippen molar-refractivity contribution < 1.29 is 28.7 Å². The number of aliphatic hydroxyl groups excluding tert-OH is 1. The first kappa shape index (κ1) is 42.0.